The van der Waals surface area contributed by atoms with E-state index in [1.807, 2.05) is 12.3 Å². The number of sulfonamides is 1. The summed E-state index contributed by atoms with van der Waals surface area (Å²) in [6.07, 6.45) is 1.54. The van der Waals surface area contributed by atoms with Gasteiger partial charge in [-0.05, 0) is 30.7 Å². The SMILES string of the molecule is Cc1csc(-c2ncccc2-c2cc(F)c(S(N)(=O)=O)c(F)c2)n1. The van der Waals surface area contributed by atoms with E-state index in [2.05, 4.69) is 9.97 Å². The molecule has 2 N–H and O–H groups in total. The van der Waals surface area contributed by atoms with Crippen molar-refractivity contribution < 1.29 is 17.2 Å². The van der Waals surface area contributed by atoms with Gasteiger partial charge in [-0.2, -0.15) is 0 Å². The molecular weight excluding hydrogens is 356 g/mol. The van der Waals surface area contributed by atoms with Gasteiger partial charge < -0.3 is 0 Å². The number of pyridine rings is 1. The summed E-state index contributed by atoms with van der Waals surface area (Å²) in [6.45, 7) is 1.82. The Labute approximate surface area is 140 Å². The molecule has 0 fully saturated rings. The maximum Gasteiger partial charge on any atom is 0.243 e. The number of nitrogens with zero attached hydrogens (tertiary/aromatic N) is 2. The molecule has 124 valence electrons. The second-order valence-electron chi connectivity index (χ2n) is 5.01. The zero-order valence-corrected chi connectivity index (χ0v) is 14.0. The van der Waals surface area contributed by atoms with Crippen molar-refractivity contribution in [2.24, 2.45) is 5.14 Å². The monoisotopic (exact) mass is 367 g/mol. The molecule has 0 amide bonds. The molecule has 0 atom stereocenters. The molecule has 3 rings (SSSR count). The zero-order valence-electron chi connectivity index (χ0n) is 12.3. The van der Waals surface area contributed by atoms with E-state index in [0.29, 0.717) is 16.3 Å². The molecular formula is C15H11F2N3O2S2. The van der Waals surface area contributed by atoms with Crippen LogP contribution in [0.25, 0.3) is 21.8 Å². The normalized spacial score (nSPS) is 11.7. The Balaban J connectivity index is 2.21. The lowest BCUT2D eigenvalue weighted by Gasteiger charge is -2.09. The third kappa shape index (κ3) is 3.05. The van der Waals surface area contributed by atoms with Crippen molar-refractivity contribution in [1.82, 2.24) is 9.97 Å². The van der Waals surface area contributed by atoms with E-state index >= 15 is 0 Å². The van der Waals surface area contributed by atoms with Crippen LogP contribution in [-0.2, 0) is 10.0 Å². The topological polar surface area (TPSA) is 85.9 Å². The molecule has 0 saturated carbocycles. The van der Waals surface area contributed by atoms with Crippen LogP contribution in [0, 0.1) is 18.6 Å². The maximum absolute atomic E-state index is 14.1. The average molecular weight is 367 g/mol. The fourth-order valence-corrected chi connectivity index (χ4v) is 3.73. The van der Waals surface area contributed by atoms with Crippen molar-refractivity contribution in [3.05, 3.63) is 53.2 Å². The van der Waals surface area contributed by atoms with E-state index < -0.39 is 26.6 Å². The molecule has 3 aromatic rings. The highest BCUT2D eigenvalue weighted by molar-refractivity contribution is 7.89. The number of rotatable bonds is 3. The van der Waals surface area contributed by atoms with E-state index in [1.54, 1.807) is 18.3 Å². The fraction of sp³-hybridized carbons (Fsp3) is 0.0667. The van der Waals surface area contributed by atoms with Crippen molar-refractivity contribution >= 4 is 21.4 Å². The van der Waals surface area contributed by atoms with Gasteiger partial charge in [0.25, 0.3) is 0 Å². The minimum atomic E-state index is -4.50. The predicted molar refractivity (Wildman–Crippen MR) is 86.8 cm³/mol. The predicted octanol–water partition coefficient (Wildman–Crippen LogP) is 3.11. The van der Waals surface area contributed by atoms with Crippen LogP contribution in [0.4, 0.5) is 8.78 Å². The third-order valence-electron chi connectivity index (χ3n) is 3.22. The Bertz CT molecular complexity index is 1010. The van der Waals surface area contributed by atoms with Crippen molar-refractivity contribution in [2.45, 2.75) is 11.8 Å². The standard InChI is InChI=1S/C15H11F2N3O2S2/c1-8-7-23-15(20-8)13-10(3-2-4-19-13)9-5-11(16)14(12(17)6-9)24(18,21)22/h2-7H,1H3,(H2,18,21,22). The van der Waals surface area contributed by atoms with Gasteiger partial charge in [0.05, 0.1) is 0 Å². The summed E-state index contributed by atoms with van der Waals surface area (Å²) < 4.78 is 50.8. The summed E-state index contributed by atoms with van der Waals surface area (Å²) in [5.41, 5.74) is 1.84. The highest BCUT2D eigenvalue weighted by Gasteiger charge is 2.23. The Hall–Kier alpha value is -2.23. The lowest BCUT2D eigenvalue weighted by molar-refractivity contribution is 0.520. The lowest BCUT2D eigenvalue weighted by Crippen LogP contribution is -2.16. The summed E-state index contributed by atoms with van der Waals surface area (Å²) >= 11 is 1.35. The molecule has 0 bridgehead atoms. The number of primary sulfonamides is 1. The smallest absolute Gasteiger partial charge is 0.243 e. The summed E-state index contributed by atoms with van der Waals surface area (Å²) in [7, 11) is -4.50. The van der Waals surface area contributed by atoms with E-state index in [-0.39, 0.29) is 5.56 Å². The molecule has 0 spiro atoms. The van der Waals surface area contributed by atoms with E-state index in [9.17, 15) is 17.2 Å². The molecule has 0 saturated heterocycles. The fourth-order valence-electron chi connectivity index (χ4n) is 2.26. The van der Waals surface area contributed by atoms with Crippen LogP contribution < -0.4 is 5.14 Å². The molecule has 0 aliphatic carbocycles. The molecule has 0 aliphatic heterocycles. The van der Waals surface area contributed by atoms with E-state index in [0.717, 1.165) is 17.8 Å². The quantitative estimate of drug-likeness (QED) is 0.771. The highest BCUT2D eigenvalue weighted by atomic mass is 32.2. The molecule has 0 unspecified atom stereocenters. The average Bonchev–Trinajstić information content (AvgIpc) is 2.91. The first-order chi connectivity index (χ1) is 11.3. The van der Waals surface area contributed by atoms with Crippen LogP contribution in [0.5, 0.6) is 0 Å². The van der Waals surface area contributed by atoms with E-state index in [4.69, 9.17) is 5.14 Å². The molecule has 2 heterocycles. The number of benzene rings is 1. The molecule has 9 heteroatoms. The Morgan fingerprint density at radius 3 is 2.42 bits per heavy atom. The van der Waals surface area contributed by atoms with Crippen molar-refractivity contribution in [3.63, 3.8) is 0 Å². The second kappa shape index (κ2) is 6.00. The van der Waals surface area contributed by atoms with Crippen LogP contribution in [-0.4, -0.2) is 18.4 Å². The number of halogens is 2. The second-order valence-corrected chi connectivity index (χ2v) is 7.36. The maximum atomic E-state index is 14.1. The van der Waals surface area contributed by atoms with Crippen molar-refractivity contribution in [3.8, 4) is 21.8 Å². The first kappa shape index (κ1) is 16.6. The Morgan fingerprint density at radius 1 is 1.21 bits per heavy atom. The molecule has 0 aliphatic rings. The summed E-state index contributed by atoms with van der Waals surface area (Å²) in [4.78, 5) is 7.40. The van der Waals surface area contributed by atoms with Gasteiger partial charge in [0.15, 0.2) is 4.90 Å². The molecule has 2 aromatic heterocycles. The van der Waals surface area contributed by atoms with Crippen LogP contribution in [0.3, 0.4) is 0 Å². The van der Waals surface area contributed by atoms with Gasteiger partial charge in [0.2, 0.25) is 10.0 Å². The number of aromatic nitrogens is 2. The summed E-state index contributed by atoms with van der Waals surface area (Å²) in [5.74, 6) is -2.50. The summed E-state index contributed by atoms with van der Waals surface area (Å²) in [6, 6.07) is 5.08. The molecule has 24 heavy (non-hydrogen) atoms. The largest absolute Gasteiger partial charge is 0.253 e. The lowest BCUT2D eigenvalue weighted by atomic mass is 10.0. The van der Waals surface area contributed by atoms with Crippen LogP contribution >= 0.6 is 11.3 Å². The number of hydrogen-bond donors (Lipinski definition) is 1. The number of aryl methyl sites for hydroxylation is 1. The molecule has 0 radical (unpaired) electrons. The van der Waals surface area contributed by atoms with Crippen LogP contribution in [0.15, 0.2) is 40.7 Å². The summed E-state index contributed by atoms with van der Waals surface area (Å²) in [5, 5.41) is 7.27. The highest BCUT2D eigenvalue weighted by Crippen LogP contribution is 2.34. The van der Waals surface area contributed by atoms with Gasteiger partial charge in [0, 0.05) is 22.8 Å². The first-order valence-corrected chi connectivity index (χ1v) is 9.09. The Kier molecular flexibility index (Phi) is 4.16. The minimum absolute atomic E-state index is 0.147. The first-order valence-electron chi connectivity index (χ1n) is 6.67. The van der Waals surface area contributed by atoms with Crippen molar-refractivity contribution in [2.75, 3.05) is 0 Å². The number of nitrogens with two attached hydrogens (primary N) is 1. The Morgan fingerprint density at radius 2 is 1.88 bits per heavy atom. The van der Waals surface area contributed by atoms with Gasteiger partial charge in [0.1, 0.15) is 22.3 Å². The third-order valence-corrected chi connectivity index (χ3v) is 5.15. The number of hydrogen-bond acceptors (Lipinski definition) is 5. The van der Waals surface area contributed by atoms with Gasteiger partial charge >= 0.3 is 0 Å². The molecule has 5 nitrogen and oxygen atoms in total. The molecule has 1 aromatic carbocycles. The van der Waals surface area contributed by atoms with Gasteiger partial charge in [-0.1, -0.05) is 6.07 Å². The zero-order chi connectivity index (χ0) is 17.5. The van der Waals surface area contributed by atoms with Gasteiger partial charge in [-0.3, -0.25) is 4.98 Å². The van der Waals surface area contributed by atoms with E-state index in [1.165, 1.54) is 11.3 Å². The van der Waals surface area contributed by atoms with Gasteiger partial charge in [-0.15, -0.1) is 11.3 Å². The number of thiazole rings is 1. The van der Waals surface area contributed by atoms with Gasteiger partial charge in [-0.25, -0.2) is 27.3 Å². The van der Waals surface area contributed by atoms with Crippen molar-refractivity contribution in [1.29, 1.82) is 0 Å². The minimum Gasteiger partial charge on any atom is -0.253 e. The van der Waals surface area contributed by atoms with Crippen LogP contribution in [0.2, 0.25) is 0 Å². The van der Waals surface area contributed by atoms with Crippen LogP contribution in [0.1, 0.15) is 5.69 Å².